The topological polar surface area (TPSA) is 57.4 Å². The summed E-state index contributed by atoms with van der Waals surface area (Å²) >= 11 is 3.08. The molecule has 0 aliphatic carbocycles. The molecular weight excluding hydrogens is 318 g/mol. The molecule has 0 spiro atoms. The minimum absolute atomic E-state index is 0.844. The van der Waals surface area contributed by atoms with Gasteiger partial charge in [-0.15, -0.1) is 0 Å². The van der Waals surface area contributed by atoms with Gasteiger partial charge in [-0.2, -0.15) is 20.5 Å². The van der Waals surface area contributed by atoms with Gasteiger partial charge in [-0.05, 0) is 26.2 Å². The number of hydrogen-bond donors (Lipinski definition) is 1. The molecule has 2 heterocycles. The van der Waals surface area contributed by atoms with Crippen LogP contribution in [-0.4, -0.2) is 54.1 Å². The molecule has 6 nitrogen and oxygen atoms in total. The smallest absolute Gasteiger partial charge is 0.186 e. The quantitative estimate of drug-likeness (QED) is 0.704. The predicted molar refractivity (Wildman–Crippen MR) is 95.0 cm³/mol. The van der Waals surface area contributed by atoms with Gasteiger partial charge in [0.2, 0.25) is 0 Å². The fraction of sp³-hybridized carbons (Fsp3) is 0.571. The van der Waals surface area contributed by atoms with Crippen LogP contribution < -0.4 is 10.2 Å². The van der Waals surface area contributed by atoms with E-state index < -0.39 is 0 Å². The highest BCUT2D eigenvalue weighted by atomic mass is 32.2. The Kier molecular flexibility index (Phi) is 6.53. The molecule has 0 unspecified atom stereocenters. The maximum atomic E-state index is 5.79. The van der Waals surface area contributed by atoms with E-state index in [1.54, 1.807) is 0 Å². The van der Waals surface area contributed by atoms with Crippen molar-refractivity contribution in [2.45, 2.75) is 12.3 Å². The number of rotatable bonds is 9. The molecule has 2 aromatic rings. The molecule has 8 heteroatoms. The minimum atomic E-state index is 0.844. The molecule has 0 atom stereocenters. The van der Waals surface area contributed by atoms with Gasteiger partial charge in [0.05, 0.1) is 24.0 Å². The molecule has 0 fully saturated rings. The number of furan rings is 1. The molecule has 0 bridgehead atoms. The van der Waals surface area contributed by atoms with Gasteiger partial charge in [-0.25, -0.2) is 0 Å². The minimum Gasteiger partial charge on any atom is -0.464 e. The summed E-state index contributed by atoms with van der Waals surface area (Å²) in [6, 6.07) is 4.12. The van der Waals surface area contributed by atoms with Gasteiger partial charge >= 0.3 is 0 Å². The van der Waals surface area contributed by atoms with Gasteiger partial charge in [-0.1, -0.05) is 0 Å². The van der Waals surface area contributed by atoms with Gasteiger partial charge in [0, 0.05) is 26.4 Å². The van der Waals surface area contributed by atoms with Crippen LogP contribution in [0.4, 0.5) is 11.6 Å². The zero-order valence-electron chi connectivity index (χ0n) is 13.5. The van der Waals surface area contributed by atoms with Crippen LogP contribution in [0.25, 0.3) is 0 Å². The monoisotopic (exact) mass is 341 g/mol. The predicted octanol–water partition coefficient (Wildman–Crippen LogP) is 2.60. The van der Waals surface area contributed by atoms with Crippen LogP contribution in [0.1, 0.15) is 11.5 Å². The standard InChI is InChI=1S/C14H23N5OS2/c1-18(2)9-11-5-6-12(20-11)10-21-8-7-15-13-14(19(3)4)17-22-16-13/h5-6H,7-10H2,1-4H3,(H,15,16). The Labute approximate surface area is 140 Å². The van der Waals surface area contributed by atoms with Gasteiger partial charge in [0.1, 0.15) is 11.5 Å². The molecule has 0 aliphatic rings. The average molecular weight is 342 g/mol. The lowest BCUT2D eigenvalue weighted by Gasteiger charge is -2.10. The number of nitrogens with one attached hydrogen (secondary N) is 1. The average Bonchev–Trinajstić information content (AvgIpc) is 3.07. The SMILES string of the molecule is CN(C)Cc1ccc(CSCCNc2nsnc2N(C)C)o1. The second-order valence-corrected chi connectivity index (χ2v) is 7.05. The molecular formula is C14H23N5OS2. The highest BCUT2D eigenvalue weighted by Gasteiger charge is 2.09. The largest absolute Gasteiger partial charge is 0.464 e. The molecule has 2 aromatic heterocycles. The molecule has 0 amide bonds. The van der Waals surface area contributed by atoms with Gasteiger partial charge in [-0.3, -0.25) is 0 Å². The van der Waals surface area contributed by atoms with E-state index in [0.29, 0.717) is 0 Å². The van der Waals surface area contributed by atoms with Crippen molar-refractivity contribution in [1.82, 2.24) is 13.6 Å². The van der Waals surface area contributed by atoms with E-state index in [1.807, 2.05) is 44.9 Å². The van der Waals surface area contributed by atoms with E-state index in [1.165, 1.54) is 11.7 Å². The summed E-state index contributed by atoms with van der Waals surface area (Å²) in [6.45, 7) is 1.71. The number of anilines is 2. The fourth-order valence-corrected chi connectivity index (χ4v) is 3.24. The third-order valence-electron chi connectivity index (χ3n) is 2.87. The van der Waals surface area contributed by atoms with Crippen molar-refractivity contribution < 1.29 is 4.42 Å². The Hall–Kier alpha value is -1.25. The van der Waals surface area contributed by atoms with E-state index >= 15 is 0 Å². The van der Waals surface area contributed by atoms with Crippen molar-refractivity contribution >= 4 is 35.1 Å². The molecule has 122 valence electrons. The Morgan fingerprint density at radius 3 is 2.68 bits per heavy atom. The fourth-order valence-electron chi connectivity index (χ4n) is 1.90. The first-order valence-corrected chi connectivity index (χ1v) is 8.98. The first-order chi connectivity index (χ1) is 10.6. The third kappa shape index (κ3) is 5.19. The first kappa shape index (κ1) is 17.1. The van der Waals surface area contributed by atoms with E-state index in [4.69, 9.17) is 4.42 Å². The van der Waals surface area contributed by atoms with Gasteiger partial charge in [0.25, 0.3) is 0 Å². The van der Waals surface area contributed by atoms with Crippen molar-refractivity contribution in [2.75, 3.05) is 50.7 Å². The summed E-state index contributed by atoms with van der Waals surface area (Å²) in [5.74, 6) is 5.70. The lowest BCUT2D eigenvalue weighted by molar-refractivity contribution is 0.344. The Balaban J connectivity index is 1.67. The maximum Gasteiger partial charge on any atom is 0.186 e. The van der Waals surface area contributed by atoms with E-state index in [-0.39, 0.29) is 0 Å². The van der Waals surface area contributed by atoms with Crippen molar-refractivity contribution in [3.63, 3.8) is 0 Å². The van der Waals surface area contributed by atoms with Crippen LogP contribution in [0.15, 0.2) is 16.5 Å². The highest BCUT2D eigenvalue weighted by molar-refractivity contribution is 7.98. The van der Waals surface area contributed by atoms with E-state index in [9.17, 15) is 0 Å². The zero-order chi connectivity index (χ0) is 15.9. The Bertz CT molecular complexity index is 567. The van der Waals surface area contributed by atoms with Crippen LogP contribution in [0, 0.1) is 0 Å². The van der Waals surface area contributed by atoms with Crippen molar-refractivity contribution in [2.24, 2.45) is 0 Å². The van der Waals surface area contributed by atoms with E-state index in [2.05, 4.69) is 31.1 Å². The van der Waals surface area contributed by atoms with Crippen molar-refractivity contribution in [1.29, 1.82) is 0 Å². The molecule has 0 radical (unpaired) electrons. The van der Waals surface area contributed by atoms with Crippen LogP contribution in [0.5, 0.6) is 0 Å². The third-order valence-corrected chi connectivity index (χ3v) is 4.37. The molecule has 0 aromatic carbocycles. The van der Waals surface area contributed by atoms with Gasteiger partial charge in [0.15, 0.2) is 11.6 Å². The number of hydrogen-bond acceptors (Lipinski definition) is 8. The van der Waals surface area contributed by atoms with Gasteiger partial charge < -0.3 is 19.5 Å². The lowest BCUT2D eigenvalue weighted by atomic mass is 10.4. The maximum absolute atomic E-state index is 5.79. The molecule has 0 aliphatic heterocycles. The second kappa shape index (κ2) is 8.40. The molecule has 0 saturated heterocycles. The summed E-state index contributed by atoms with van der Waals surface area (Å²) in [4.78, 5) is 4.07. The van der Waals surface area contributed by atoms with Crippen molar-refractivity contribution in [3.8, 4) is 0 Å². The summed E-state index contributed by atoms with van der Waals surface area (Å²) < 4.78 is 14.3. The normalized spacial score (nSPS) is 11.1. The number of aromatic nitrogens is 2. The van der Waals surface area contributed by atoms with Crippen LogP contribution in [0.3, 0.4) is 0 Å². The molecule has 1 N–H and O–H groups in total. The summed E-state index contributed by atoms with van der Waals surface area (Å²) in [5, 5.41) is 3.33. The molecule has 0 saturated carbocycles. The Morgan fingerprint density at radius 1 is 1.18 bits per heavy atom. The summed E-state index contributed by atoms with van der Waals surface area (Å²) in [7, 11) is 8.02. The Morgan fingerprint density at radius 2 is 1.95 bits per heavy atom. The van der Waals surface area contributed by atoms with Crippen LogP contribution in [-0.2, 0) is 12.3 Å². The lowest BCUT2D eigenvalue weighted by Crippen LogP contribution is -2.13. The van der Waals surface area contributed by atoms with E-state index in [0.717, 1.165) is 47.8 Å². The number of nitrogens with zero attached hydrogens (tertiary/aromatic N) is 4. The summed E-state index contributed by atoms with van der Waals surface area (Å²) in [6.07, 6.45) is 0. The van der Waals surface area contributed by atoms with Crippen LogP contribution in [0.2, 0.25) is 0 Å². The zero-order valence-corrected chi connectivity index (χ0v) is 15.1. The first-order valence-electron chi connectivity index (χ1n) is 7.10. The number of thioether (sulfide) groups is 1. The van der Waals surface area contributed by atoms with Crippen LogP contribution >= 0.6 is 23.5 Å². The van der Waals surface area contributed by atoms with Crippen molar-refractivity contribution in [3.05, 3.63) is 23.7 Å². The second-order valence-electron chi connectivity index (χ2n) is 5.42. The molecule has 2 rings (SSSR count). The highest BCUT2D eigenvalue weighted by Crippen LogP contribution is 2.21. The summed E-state index contributed by atoms with van der Waals surface area (Å²) in [5.41, 5.74) is 0. The molecule has 22 heavy (non-hydrogen) atoms.